The summed E-state index contributed by atoms with van der Waals surface area (Å²) in [5.41, 5.74) is 0. The summed E-state index contributed by atoms with van der Waals surface area (Å²) < 4.78 is 13.6. The van der Waals surface area contributed by atoms with Gasteiger partial charge in [-0.1, -0.05) is 18.5 Å². The van der Waals surface area contributed by atoms with E-state index in [9.17, 15) is 14.3 Å². The molecule has 1 amide bonds. The molecule has 2 aliphatic rings. The van der Waals surface area contributed by atoms with Crippen LogP contribution in [-0.2, 0) is 4.79 Å². The van der Waals surface area contributed by atoms with Gasteiger partial charge in [-0.2, -0.15) is 0 Å². The van der Waals surface area contributed by atoms with Crippen LogP contribution in [0.5, 0.6) is 0 Å². The maximum absolute atomic E-state index is 13.6. The minimum absolute atomic E-state index is 0.133. The fourth-order valence-corrected chi connectivity index (χ4v) is 3.98. The number of pyridine rings is 1. The average Bonchev–Trinajstić information content (AvgIpc) is 2.65. The maximum atomic E-state index is 13.6. The molecule has 1 unspecified atom stereocenters. The molecule has 2 heterocycles. The average molecular weight is 400 g/mol. The molecule has 0 spiro atoms. The van der Waals surface area contributed by atoms with Crippen LogP contribution < -0.4 is 4.90 Å². The van der Waals surface area contributed by atoms with E-state index in [1.54, 1.807) is 0 Å². The van der Waals surface area contributed by atoms with Crippen LogP contribution in [0.15, 0.2) is 12.3 Å². The van der Waals surface area contributed by atoms with Crippen molar-refractivity contribution in [1.82, 2.24) is 9.88 Å². The number of nitrogens with zero attached hydrogens (tertiary/aromatic N) is 3. The minimum Gasteiger partial charge on any atom is -0.393 e. The van der Waals surface area contributed by atoms with Crippen LogP contribution in [0.25, 0.3) is 0 Å². The molecule has 3 rings (SSSR count). The number of rotatable bonds is 4. The first-order chi connectivity index (χ1) is 12.9. The largest absolute Gasteiger partial charge is 0.393 e. The number of amides is 1. The number of piperidine rings is 1. The molecule has 152 valence electrons. The predicted octanol–water partition coefficient (Wildman–Crippen LogP) is 3.88. The Labute approximate surface area is 166 Å². The SMILES string of the molecule is CC1CCCN(c2ncc(Cl)cc2F)C1.CCN(C=O)C1CCC(O)CC1. The van der Waals surface area contributed by atoms with Crippen molar-refractivity contribution >= 4 is 23.8 Å². The van der Waals surface area contributed by atoms with Crippen LogP contribution in [0.2, 0.25) is 5.02 Å². The standard InChI is InChI=1S/C11H14ClFN2.C9H17NO2/c1-8-3-2-4-15(7-8)11-10(13)5-9(12)6-14-11;1-2-10(7-11)8-3-5-9(12)6-4-8/h5-6,8H,2-4,7H2,1H3;7-9,12H,2-6H2,1H3. The molecule has 0 bridgehead atoms. The second kappa shape index (κ2) is 10.8. The summed E-state index contributed by atoms with van der Waals surface area (Å²) in [5.74, 6) is 0.721. The van der Waals surface area contributed by atoms with Gasteiger partial charge in [-0.05, 0) is 57.4 Å². The van der Waals surface area contributed by atoms with Gasteiger partial charge in [0.15, 0.2) is 11.6 Å². The summed E-state index contributed by atoms with van der Waals surface area (Å²) in [6.45, 7) is 6.71. The van der Waals surface area contributed by atoms with Gasteiger partial charge in [0.2, 0.25) is 6.41 Å². The number of hydrogen-bond donors (Lipinski definition) is 1. The van der Waals surface area contributed by atoms with Gasteiger partial charge >= 0.3 is 0 Å². The van der Waals surface area contributed by atoms with E-state index in [1.165, 1.54) is 18.7 Å². The zero-order chi connectivity index (χ0) is 19.8. The van der Waals surface area contributed by atoms with Crippen LogP contribution >= 0.6 is 11.6 Å². The van der Waals surface area contributed by atoms with Crippen LogP contribution in [-0.4, -0.2) is 53.2 Å². The van der Waals surface area contributed by atoms with E-state index in [-0.39, 0.29) is 11.9 Å². The fourth-order valence-electron chi connectivity index (χ4n) is 3.83. The van der Waals surface area contributed by atoms with Gasteiger partial charge in [-0.15, -0.1) is 0 Å². The Morgan fingerprint density at radius 1 is 1.37 bits per heavy atom. The highest BCUT2D eigenvalue weighted by molar-refractivity contribution is 6.30. The normalized spacial score (nSPS) is 25.4. The van der Waals surface area contributed by atoms with Crippen molar-refractivity contribution in [2.75, 3.05) is 24.5 Å². The Morgan fingerprint density at radius 3 is 2.63 bits per heavy atom. The van der Waals surface area contributed by atoms with Gasteiger partial charge in [0.25, 0.3) is 0 Å². The zero-order valence-electron chi connectivity index (χ0n) is 16.3. The number of aliphatic hydroxyl groups is 1. The lowest BCUT2D eigenvalue weighted by atomic mass is 9.92. The molecule has 5 nitrogen and oxygen atoms in total. The van der Waals surface area contributed by atoms with E-state index in [1.807, 2.05) is 16.7 Å². The van der Waals surface area contributed by atoms with E-state index in [0.29, 0.717) is 22.8 Å². The maximum Gasteiger partial charge on any atom is 0.209 e. The molecule has 1 aromatic heterocycles. The van der Waals surface area contributed by atoms with Crippen molar-refractivity contribution in [3.8, 4) is 0 Å². The second-order valence-electron chi connectivity index (χ2n) is 7.55. The van der Waals surface area contributed by atoms with Gasteiger partial charge in [0, 0.05) is 31.9 Å². The number of carbonyl (C=O) groups excluding carboxylic acids is 1. The topological polar surface area (TPSA) is 56.7 Å². The van der Waals surface area contributed by atoms with Crippen LogP contribution in [0.3, 0.4) is 0 Å². The molecule has 1 atom stereocenters. The Morgan fingerprint density at radius 2 is 2.07 bits per heavy atom. The zero-order valence-corrected chi connectivity index (χ0v) is 17.0. The Hall–Kier alpha value is -1.40. The van der Waals surface area contributed by atoms with Gasteiger partial charge in [-0.25, -0.2) is 9.37 Å². The van der Waals surface area contributed by atoms with Crippen molar-refractivity contribution in [3.63, 3.8) is 0 Å². The molecule has 2 fully saturated rings. The van der Waals surface area contributed by atoms with Gasteiger partial charge < -0.3 is 14.9 Å². The third-order valence-electron chi connectivity index (χ3n) is 5.38. The van der Waals surface area contributed by atoms with Crippen molar-refractivity contribution in [2.24, 2.45) is 5.92 Å². The molecule has 1 aromatic rings. The molecular weight excluding hydrogens is 369 g/mol. The number of anilines is 1. The fraction of sp³-hybridized carbons (Fsp3) is 0.700. The summed E-state index contributed by atoms with van der Waals surface area (Å²) in [7, 11) is 0. The Bertz CT molecular complexity index is 597. The molecule has 7 heteroatoms. The number of halogens is 2. The van der Waals surface area contributed by atoms with E-state index in [4.69, 9.17) is 11.6 Å². The summed E-state index contributed by atoms with van der Waals surface area (Å²) >= 11 is 5.66. The Kier molecular flexibility index (Phi) is 8.77. The van der Waals surface area contributed by atoms with E-state index < -0.39 is 0 Å². The van der Waals surface area contributed by atoms with Crippen molar-refractivity contribution in [2.45, 2.75) is 64.5 Å². The Balaban J connectivity index is 0.000000199. The quantitative estimate of drug-likeness (QED) is 0.780. The first-order valence-corrected chi connectivity index (χ1v) is 10.3. The summed E-state index contributed by atoms with van der Waals surface area (Å²) in [6.07, 6.45) is 8.19. The highest BCUT2D eigenvalue weighted by Crippen LogP contribution is 2.25. The number of carbonyl (C=O) groups is 1. The van der Waals surface area contributed by atoms with E-state index in [0.717, 1.165) is 58.1 Å². The molecule has 1 saturated carbocycles. The van der Waals surface area contributed by atoms with E-state index >= 15 is 0 Å². The smallest absolute Gasteiger partial charge is 0.209 e. The van der Waals surface area contributed by atoms with Gasteiger partial charge in [0.05, 0.1) is 11.1 Å². The van der Waals surface area contributed by atoms with Crippen molar-refractivity contribution in [1.29, 1.82) is 0 Å². The minimum atomic E-state index is -0.323. The molecule has 1 aliphatic heterocycles. The molecular formula is C20H31ClFN3O2. The third-order valence-corrected chi connectivity index (χ3v) is 5.59. The first kappa shape index (κ1) is 21.9. The first-order valence-electron chi connectivity index (χ1n) is 9.89. The molecule has 27 heavy (non-hydrogen) atoms. The van der Waals surface area contributed by atoms with Crippen LogP contribution in [0.1, 0.15) is 52.4 Å². The summed E-state index contributed by atoms with van der Waals surface area (Å²) in [5, 5.41) is 9.60. The highest BCUT2D eigenvalue weighted by Gasteiger charge is 2.23. The van der Waals surface area contributed by atoms with Gasteiger partial charge in [0.1, 0.15) is 0 Å². The predicted molar refractivity (Wildman–Crippen MR) is 107 cm³/mol. The second-order valence-corrected chi connectivity index (χ2v) is 7.99. The lowest BCUT2D eigenvalue weighted by molar-refractivity contribution is -0.121. The summed E-state index contributed by atoms with van der Waals surface area (Å²) in [6, 6.07) is 1.69. The molecule has 0 aromatic carbocycles. The van der Waals surface area contributed by atoms with Crippen molar-refractivity contribution in [3.05, 3.63) is 23.1 Å². The highest BCUT2D eigenvalue weighted by atomic mass is 35.5. The molecule has 1 N–H and O–H groups in total. The van der Waals surface area contributed by atoms with Gasteiger partial charge in [-0.3, -0.25) is 4.79 Å². The third kappa shape index (κ3) is 6.61. The number of hydrogen-bond acceptors (Lipinski definition) is 4. The summed E-state index contributed by atoms with van der Waals surface area (Å²) in [4.78, 5) is 18.5. The molecule has 0 radical (unpaired) electrons. The van der Waals surface area contributed by atoms with Crippen LogP contribution in [0, 0.1) is 11.7 Å². The van der Waals surface area contributed by atoms with Crippen LogP contribution in [0.4, 0.5) is 10.2 Å². The monoisotopic (exact) mass is 399 g/mol. The molecule has 1 saturated heterocycles. The van der Waals surface area contributed by atoms with E-state index in [2.05, 4.69) is 11.9 Å². The number of aromatic nitrogens is 1. The molecule has 1 aliphatic carbocycles. The lowest BCUT2D eigenvalue weighted by Gasteiger charge is -2.32. The lowest BCUT2D eigenvalue weighted by Crippen LogP contribution is -2.37. The van der Waals surface area contributed by atoms with Crippen molar-refractivity contribution < 1.29 is 14.3 Å². The number of aliphatic hydroxyl groups excluding tert-OH is 1.